The number of pyridine rings is 1. The van der Waals surface area contributed by atoms with Gasteiger partial charge in [0.15, 0.2) is 0 Å². The number of rotatable bonds is 4. The standard InChI is InChI=1S/C20H27N5O2/c1-14-9-17(23-22-14)10-16-12-25(13-18(16)26)19-11-15(5-6-21-19)20(27)24-7-3-2-4-8-24/h5-6,9,11,16,18,26H,2-4,7-8,10,12-13H2,1H3,(H,22,23)/t16-,18+/m1/s1. The van der Waals surface area contributed by atoms with Crippen LogP contribution in [0.25, 0.3) is 0 Å². The monoisotopic (exact) mass is 369 g/mol. The molecule has 0 unspecified atom stereocenters. The van der Waals surface area contributed by atoms with Gasteiger partial charge in [-0.2, -0.15) is 5.10 Å². The molecule has 4 rings (SSSR count). The van der Waals surface area contributed by atoms with Crippen LogP contribution in [0.4, 0.5) is 5.82 Å². The molecule has 2 saturated heterocycles. The molecule has 2 N–H and O–H groups in total. The maximum absolute atomic E-state index is 12.8. The van der Waals surface area contributed by atoms with Gasteiger partial charge in [-0.15, -0.1) is 0 Å². The summed E-state index contributed by atoms with van der Waals surface area (Å²) in [5.74, 6) is 0.954. The number of carbonyl (C=O) groups is 1. The van der Waals surface area contributed by atoms with Crippen molar-refractivity contribution in [3.05, 3.63) is 41.3 Å². The van der Waals surface area contributed by atoms with Crippen molar-refractivity contribution in [3.8, 4) is 0 Å². The van der Waals surface area contributed by atoms with Gasteiger partial charge in [0.05, 0.1) is 11.8 Å². The first kappa shape index (κ1) is 18.0. The molecule has 2 aliphatic heterocycles. The third kappa shape index (κ3) is 3.98. The largest absolute Gasteiger partial charge is 0.391 e. The Morgan fingerprint density at radius 2 is 2.07 bits per heavy atom. The molecule has 2 atom stereocenters. The van der Waals surface area contributed by atoms with Crippen LogP contribution >= 0.6 is 0 Å². The lowest BCUT2D eigenvalue weighted by atomic mass is 10.0. The van der Waals surface area contributed by atoms with Crippen molar-refractivity contribution in [3.63, 3.8) is 0 Å². The SMILES string of the molecule is Cc1cc(C[C@@H]2CN(c3cc(C(=O)N4CCCCC4)ccn3)C[C@@H]2O)n[nH]1. The van der Waals surface area contributed by atoms with E-state index in [0.717, 1.165) is 49.6 Å². The van der Waals surface area contributed by atoms with Gasteiger partial charge >= 0.3 is 0 Å². The molecule has 0 radical (unpaired) electrons. The highest BCUT2D eigenvalue weighted by atomic mass is 16.3. The van der Waals surface area contributed by atoms with Crippen molar-refractivity contribution in [2.75, 3.05) is 31.1 Å². The molecule has 27 heavy (non-hydrogen) atoms. The third-order valence-electron chi connectivity index (χ3n) is 5.60. The van der Waals surface area contributed by atoms with Crippen molar-refractivity contribution < 1.29 is 9.90 Å². The molecule has 2 aromatic heterocycles. The van der Waals surface area contributed by atoms with Crippen LogP contribution in [0, 0.1) is 12.8 Å². The Kier molecular flexibility index (Phi) is 5.11. The van der Waals surface area contributed by atoms with Gasteiger partial charge in [0, 0.05) is 49.6 Å². The predicted molar refractivity (Wildman–Crippen MR) is 103 cm³/mol. The summed E-state index contributed by atoms with van der Waals surface area (Å²) in [5.41, 5.74) is 2.68. The highest BCUT2D eigenvalue weighted by Gasteiger charge is 2.33. The first-order valence-corrected chi connectivity index (χ1v) is 9.79. The molecule has 2 aromatic rings. The fraction of sp³-hybridized carbons (Fsp3) is 0.550. The number of anilines is 1. The number of piperidine rings is 1. The average molecular weight is 369 g/mol. The minimum atomic E-state index is -0.426. The number of nitrogens with zero attached hydrogens (tertiary/aromatic N) is 4. The molecule has 0 aromatic carbocycles. The van der Waals surface area contributed by atoms with Crippen LogP contribution in [0.5, 0.6) is 0 Å². The van der Waals surface area contributed by atoms with E-state index < -0.39 is 6.10 Å². The lowest BCUT2D eigenvalue weighted by molar-refractivity contribution is 0.0724. The van der Waals surface area contributed by atoms with E-state index in [1.54, 1.807) is 12.3 Å². The average Bonchev–Trinajstić information content (AvgIpc) is 3.28. The number of nitrogens with one attached hydrogen (secondary N) is 1. The fourth-order valence-electron chi connectivity index (χ4n) is 4.09. The number of hydrogen-bond donors (Lipinski definition) is 2. The smallest absolute Gasteiger partial charge is 0.254 e. The van der Waals surface area contributed by atoms with Crippen molar-refractivity contribution in [1.29, 1.82) is 0 Å². The summed E-state index contributed by atoms with van der Waals surface area (Å²) in [6, 6.07) is 5.67. The van der Waals surface area contributed by atoms with Crippen LogP contribution in [0.15, 0.2) is 24.4 Å². The van der Waals surface area contributed by atoms with Gasteiger partial charge in [-0.1, -0.05) is 0 Å². The lowest BCUT2D eigenvalue weighted by Crippen LogP contribution is -2.35. The molecule has 1 amide bonds. The topological polar surface area (TPSA) is 85.3 Å². The first-order chi connectivity index (χ1) is 13.1. The molecular formula is C20H27N5O2. The first-order valence-electron chi connectivity index (χ1n) is 9.79. The van der Waals surface area contributed by atoms with Gasteiger partial charge in [-0.25, -0.2) is 4.98 Å². The quantitative estimate of drug-likeness (QED) is 0.858. The number of hydrogen-bond acceptors (Lipinski definition) is 5. The fourth-order valence-corrected chi connectivity index (χ4v) is 4.09. The Balaban J connectivity index is 1.45. The van der Waals surface area contributed by atoms with Crippen molar-refractivity contribution in [2.45, 2.75) is 38.7 Å². The summed E-state index contributed by atoms with van der Waals surface area (Å²) in [6.07, 6.45) is 5.36. The molecule has 2 aliphatic rings. The van der Waals surface area contributed by atoms with Gasteiger partial charge in [0.1, 0.15) is 5.82 Å². The minimum absolute atomic E-state index is 0.0849. The summed E-state index contributed by atoms with van der Waals surface area (Å²) in [7, 11) is 0. The van der Waals surface area contributed by atoms with Crippen LogP contribution in [-0.2, 0) is 6.42 Å². The maximum atomic E-state index is 12.8. The van der Waals surface area contributed by atoms with Crippen LogP contribution < -0.4 is 4.90 Å². The van der Waals surface area contributed by atoms with Crippen LogP contribution in [0.3, 0.4) is 0 Å². The Bertz CT molecular complexity index is 799. The van der Waals surface area contributed by atoms with Crippen molar-refractivity contribution >= 4 is 11.7 Å². The number of aromatic amines is 1. The van der Waals surface area contributed by atoms with E-state index in [9.17, 15) is 9.90 Å². The second-order valence-electron chi connectivity index (χ2n) is 7.73. The molecule has 2 fully saturated rings. The van der Waals surface area contributed by atoms with Crippen LogP contribution in [-0.4, -0.2) is 63.4 Å². The van der Waals surface area contributed by atoms with Gasteiger partial charge in [0.25, 0.3) is 5.91 Å². The number of H-pyrrole nitrogens is 1. The molecule has 0 spiro atoms. The second-order valence-corrected chi connectivity index (χ2v) is 7.73. The van der Waals surface area contributed by atoms with E-state index in [4.69, 9.17) is 0 Å². The Labute approximate surface area is 159 Å². The summed E-state index contributed by atoms with van der Waals surface area (Å²) < 4.78 is 0. The Morgan fingerprint density at radius 1 is 1.26 bits per heavy atom. The van der Waals surface area contributed by atoms with Gasteiger partial charge in [0.2, 0.25) is 0 Å². The number of amides is 1. The number of aliphatic hydroxyl groups is 1. The van der Waals surface area contributed by atoms with E-state index >= 15 is 0 Å². The minimum Gasteiger partial charge on any atom is -0.391 e. The molecule has 0 aliphatic carbocycles. The summed E-state index contributed by atoms with van der Waals surface area (Å²) in [4.78, 5) is 21.2. The normalized spacial score (nSPS) is 23.0. The zero-order chi connectivity index (χ0) is 18.8. The van der Waals surface area contributed by atoms with Gasteiger partial charge in [-0.05, 0) is 50.8 Å². The Morgan fingerprint density at radius 3 is 2.81 bits per heavy atom. The summed E-state index contributed by atoms with van der Waals surface area (Å²) in [6.45, 7) is 4.89. The van der Waals surface area contributed by atoms with E-state index in [1.165, 1.54) is 6.42 Å². The number of carbonyl (C=O) groups excluding carboxylic acids is 1. The maximum Gasteiger partial charge on any atom is 0.254 e. The zero-order valence-electron chi connectivity index (χ0n) is 15.8. The molecule has 4 heterocycles. The Hall–Kier alpha value is -2.41. The molecule has 7 nitrogen and oxygen atoms in total. The number of aromatic nitrogens is 3. The lowest BCUT2D eigenvalue weighted by Gasteiger charge is -2.27. The third-order valence-corrected chi connectivity index (χ3v) is 5.60. The number of aliphatic hydroxyl groups excluding tert-OH is 1. The molecule has 144 valence electrons. The highest BCUT2D eigenvalue weighted by molar-refractivity contribution is 5.94. The van der Waals surface area contributed by atoms with Gasteiger partial charge < -0.3 is 14.9 Å². The highest BCUT2D eigenvalue weighted by Crippen LogP contribution is 2.26. The molecule has 0 bridgehead atoms. The van der Waals surface area contributed by atoms with Crippen molar-refractivity contribution in [1.82, 2.24) is 20.1 Å². The van der Waals surface area contributed by atoms with E-state index in [-0.39, 0.29) is 11.8 Å². The summed E-state index contributed by atoms with van der Waals surface area (Å²) >= 11 is 0. The zero-order valence-corrected chi connectivity index (χ0v) is 15.8. The number of likely N-dealkylation sites (tertiary alicyclic amines) is 1. The number of β-amino-alcohol motifs (C(OH)–C–C–N with tert-alkyl or cyclic N) is 1. The van der Waals surface area contributed by atoms with E-state index in [1.807, 2.05) is 24.0 Å². The van der Waals surface area contributed by atoms with Crippen LogP contribution in [0.1, 0.15) is 41.0 Å². The van der Waals surface area contributed by atoms with E-state index in [0.29, 0.717) is 18.7 Å². The number of aryl methyl sites for hydroxylation is 1. The molecular weight excluding hydrogens is 342 g/mol. The van der Waals surface area contributed by atoms with Gasteiger partial charge in [-0.3, -0.25) is 9.89 Å². The molecule has 7 heteroatoms. The van der Waals surface area contributed by atoms with E-state index in [2.05, 4.69) is 20.1 Å². The summed E-state index contributed by atoms with van der Waals surface area (Å²) in [5, 5.41) is 17.7. The molecule has 0 saturated carbocycles. The second kappa shape index (κ2) is 7.68. The van der Waals surface area contributed by atoms with Crippen LogP contribution in [0.2, 0.25) is 0 Å². The predicted octanol–water partition coefficient (Wildman–Crippen LogP) is 1.78. The van der Waals surface area contributed by atoms with Crippen molar-refractivity contribution in [2.24, 2.45) is 5.92 Å².